The molecule has 0 aromatic carbocycles. The summed E-state index contributed by atoms with van der Waals surface area (Å²) in [6.07, 6.45) is 0.967. The molecular formula is C16H21N3O2S2. The fourth-order valence-corrected chi connectivity index (χ4v) is 4.35. The Morgan fingerprint density at radius 3 is 3.13 bits per heavy atom. The number of amides is 1. The molecule has 1 aliphatic heterocycles. The van der Waals surface area contributed by atoms with Crippen molar-refractivity contribution >= 4 is 33.7 Å². The highest BCUT2D eigenvalue weighted by atomic mass is 32.1. The van der Waals surface area contributed by atoms with E-state index in [9.17, 15) is 4.79 Å². The number of anilines is 1. The van der Waals surface area contributed by atoms with Crippen LogP contribution in [0, 0.1) is 6.92 Å². The van der Waals surface area contributed by atoms with Gasteiger partial charge in [0.05, 0.1) is 18.8 Å². The molecule has 124 valence electrons. The Hall–Kier alpha value is -1.28. The number of thiazole rings is 1. The van der Waals surface area contributed by atoms with Gasteiger partial charge in [-0.25, -0.2) is 4.98 Å². The molecule has 23 heavy (non-hydrogen) atoms. The molecule has 1 fully saturated rings. The van der Waals surface area contributed by atoms with Gasteiger partial charge in [-0.1, -0.05) is 13.0 Å². The third kappa shape index (κ3) is 4.17. The average molecular weight is 351 g/mol. The summed E-state index contributed by atoms with van der Waals surface area (Å²) < 4.78 is 5.81. The van der Waals surface area contributed by atoms with Crippen LogP contribution in [0.1, 0.15) is 28.5 Å². The van der Waals surface area contributed by atoms with Crippen molar-refractivity contribution in [2.75, 3.05) is 31.6 Å². The van der Waals surface area contributed by atoms with Crippen molar-refractivity contribution in [1.29, 1.82) is 0 Å². The van der Waals surface area contributed by atoms with Gasteiger partial charge in [0.1, 0.15) is 6.10 Å². The number of aromatic nitrogens is 1. The second-order valence-corrected chi connectivity index (χ2v) is 7.72. The highest BCUT2D eigenvalue weighted by Crippen LogP contribution is 2.26. The second-order valence-electron chi connectivity index (χ2n) is 5.53. The summed E-state index contributed by atoms with van der Waals surface area (Å²) in [5.74, 6) is -0.00627. The zero-order valence-electron chi connectivity index (χ0n) is 13.4. The lowest BCUT2D eigenvalue weighted by molar-refractivity contribution is -0.119. The van der Waals surface area contributed by atoms with E-state index in [0.717, 1.165) is 25.2 Å². The van der Waals surface area contributed by atoms with Gasteiger partial charge >= 0.3 is 0 Å². The maximum absolute atomic E-state index is 12.3. The summed E-state index contributed by atoms with van der Waals surface area (Å²) in [4.78, 5) is 21.3. The Labute approximate surface area is 144 Å². The Morgan fingerprint density at radius 2 is 2.43 bits per heavy atom. The molecule has 3 rings (SSSR count). The Morgan fingerprint density at radius 1 is 1.57 bits per heavy atom. The fraction of sp³-hybridized carbons (Fsp3) is 0.500. The van der Waals surface area contributed by atoms with Gasteiger partial charge in [-0.15, -0.1) is 22.7 Å². The van der Waals surface area contributed by atoms with Gasteiger partial charge in [0.2, 0.25) is 5.91 Å². The average Bonchev–Trinajstić information content (AvgIpc) is 3.17. The Balaban J connectivity index is 1.54. The summed E-state index contributed by atoms with van der Waals surface area (Å²) in [6, 6.07) is 4.12. The summed E-state index contributed by atoms with van der Waals surface area (Å²) in [7, 11) is 0. The number of morpholine rings is 1. The van der Waals surface area contributed by atoms with Crippen molar-refractivity contribution in [2.24, 2.45) is 0 Å². The molecule has 0 bridgehead atoms. The van der Waals surface area contributed by atoms with Crippen LogP contribution in [0.4, 0.5) is 5.13 Å². The number of nitrogens with zero attached hydrogens (tertiary/aromatic N) is 2. The van der Waals surface area contributed by atoms with Gasteiger partial charge in [0, 0.05) is 22.8 Å². The molecule has 0 radical (unpaired) electrons. The van der Waals surface area contributed by atoms with Crippen molar-refractivity contribution in [3.05, 3.63) is 33.0 Å². The summed E-state index contributed by atoms with van der Waals surface area (Å²) in [5, 5.41) is 5.68. The van der Waals surface area contributed by atoms with Crippen molar-refractivity contribution in [2.45, 2.75) is 26.4 Å². The monoisotopic (exact) mass is 351 g/mol. The van der Waals surface area contributed by atoms with E-state index in [4.69, 9.17) is 4.74 Å². The summed E-state index contributed by atoms with van der Waals surface area (Å²) in [6.45, 7) is 6.70. The number of thiophene rings is 1. The van der Waals surface area contributed by atoms with E-state index >= 15 is 0 Å². The van der Waals surface area contributed by atoms with Crippen LogP contribution < -0.4 is 5.32 Å². The van der Waals surface area contributed by atoms with Gasteiger partial charge < -0.3 is 10.1 Å². The van der Waals surface area contributed by atoms with Gasteiger partial charge in [0.25, 0.3) is 0 Å². The first-order valence-electron chi connectivity index (χ1n) is 7.79. The number of carbonyl (C=O) groups is 1. The van der Waals surface area contributed by atoms with Crippen molar-refractivity contribution < 1.29 is 9.53 Å². The number of rotatable bonds is 5. The summed E-state index contributed by atoms with van der Waals surface area (Å²) in [5.41, 5.74) is 1.06. The van der Waals surface area contributed by atoms with Gasteiger partial charge in [-0.05, 0) is 24.8 Å². The van der Waals surface area contributed by atoms with E-state index in [1.165, 1.54) is 9.75 Å². The SMILES string of the molecule is CCc1nc(NC(=O)CN2CCOC(c3cccs3)C2)sc1C. The van der Waals surface area contributed by atoms with Gasteiger partial charge in [0.15, 0.2) is 5.13 Å². The first-order chi connectivity index (χ1) is 11.2. The zero-order chi connectivity index (χ0) is 16.2. The van der Waals surface area contributed by atoms with Gasteiger partial charge in [-0.3, -0.25) is 9.69 Å². The van der Waals surface area contributed by atoms with Crippen LogP contribution in [0.2, 0.25) is 0 Å². The van der Waals surface area contributed by atoms with Crippen molar-refractivity contribution in [3.8, 4) is 0 Å². The molecule has 2 aromatic rings. The quantitative estimate of drug-likeness (QED) is 0.899. The normalized spacial score (nSPS) is 19.0. The molecule has 1 amide bonds. The van der Waals surface area contributed by atoms with E-state index in [1.54, 1.807) is 22.7 Å². The number of ether oxygens (including phenoxy) is 1. The molecule has 7 heteroatoms. The molecule has 1 aliphatic rings. The van der Waals surface area contributed by atoms with E-state index in [-0.39, 0.29) is 12.0 Å². The smallest absolute Gasteiger partial charge is 0.240 e. The number of hydrogen-bond acceptors (Lipinski definition) is 6. The Bertz CT molecular complexity index is 654. The lowest BCUT2D eigenvalue weighted by atomic mass is 10.2. The number of nitrogens with one attached hydrogen (secondary N) is 1. The fourth-order valence-electron chi connectivity index (χ4n) is 2.66. The number of carbonyl (C=O) groups excluding carboxylic acids is 1. The van der Waals surface area contributed by atoms with Crippen molar-refractivity contribution in [1.82, 2.24) is 9.88 Å². The molecule has 5 nitrogen and oxygen atoms in total. The summed E-state index contributed by atoms with van der Waals surface area (Å²) >= 11 is 3.24. The predicted octanol–water partition coefficient (Wildman–Crippen LogP) is 3.09. The highest BCUT2D eigenvalue weighted by Gasteiger charge is 2.24. The van der Waals surface area contributed by atoms with Crippen LogP contribution >= 0.6 is 22.7 Å². The molecule has 0 aliphatic carbocycles. The molecule has 2 aromatic heterocycles. The van der Waals surface area contributed by atoms with Crippen LogP contribution in [-0.2, 0) is 16.0 Å². The molecule has 1 saturated heterocycles. The number of aryl methyl sites for hydroxylation is 2. The van der Waals surface area contributed by atoms with E-state index in [0.29, 0.717) is 18.3 Å². The minimum atomic E-state index is -0.00627. The molecule has 3 heterocycles. The predicted molar refractivity (Wildman–Crippen MR) is 94.3 cm³/mol. The third-order valence-corrected chi connectivity index (χ3v) is 5.75. The first-order valence-corrected chi connectivity index (χ1v) is 9.49. The minimum absolute atomic E-state index is 0.00627. The first kappa shape index (κ1) is 16.6. The Kier molecular flexibility index (Phi) is 5.42. The highest BCUT2D eigenvalue weighted by molar-refractivity contribution is 7.15. The standard InChI is InChI=1S/C16H21N3O2S2/c1-3-12-11(2)23-16(17-12)18-15(20)10-19-6-7-21-13(9-19)14-5-4-8-22-14/h4-5,8,13H,3,6-7,9-10H2,1-2H3,(H,17,18,20). The molecule has 0 saturated carbocycles. The molecule has 1 atom stereocenters. The molecule has 1 unspecified atom stereocenters. The van der Waals surface area contributed by atoms with Crippen LogP contribution in [0.3, 0.4) is 0 Å². The second kappa shape index (κ2) is 7.53. The topological polar surface area (TPSA) is 54.5 Å². The maximum Gasteiger partial charge on any atom is 0.240 e. The maximum atomic E-state index is 12.3. The minimum Gasteiger partial charge on any atom is -0.370 e. The molecular weight excluding hydrogens is 330 g/mol. The number of hydrogen-bond donors (Lipinski definition) is 1. The van der Waals surface area contributed by atoms with E-state index in [2.05, 4.69) is 33.6 Å². The van der Waals surface area contributed by atoms with Crippen molar-refractivity contribution in [3.63, 3.8) is 0 Å². The van der Waals surface area contributed by atoms with Gasteiger partial charge in [-0.2, -0.15) is 0 Å². The zero-order valence-corrected chi connectivity index (χ0v) is 15.0. The van der Waals surface area contributed by atoms with Crippen LogP contribution in [-0.4, -0.2) is 42.0 Å². The lowest BCUT2D eigenvalue weighted by Gasteiger charge is -2.31. The third-order valence-electron chi connectivity index (χ3n) is 3.85. The lowest BCUT2D eigenvalue weighted by Crippen LogP contribution is -2.42. The van der Waals surface area contributed by atoms with Crippen LogP contribution in [0.5, 0.6) is 0 Å². The largest absolute Gasteiger partial charge is 0.370 e. The van der Waals surface area contributed by atoms with E-state index < -0.39 is 0 Å². The van der Waals surface area contributed by atoms with Crippen LogP contribution in [0.15, 0.2) is 17.5 Å². The van der Waals surface area contributed by atoms with E-state index in [1.807, 2.05) is 13.0 Å². The van der Waals surface area contributed by atoms with Crippen LogP contribution in [0.25, 0.3) is 0 Å². The molecule has 0 spiro atoms. The molecule has 1 N–H and O–H groups in total.